The average Bonchev–Trinajstić information content (AvgIpc) is 3.22. The summed E-state index contributed by atoms with van der Waals surface area (Å²) in [4.78, 5) is 25.7. The molecule has 3 unspecified atom stereocenters. The van der Waals surface area contributed by atoms with Gasteiger partial charge in [0.05, 0.1) is 12.6 Å². The zero-order valence-electron chi connectivity index (χ0n) is 12.7. The van der Waals surface area contributed by atoms with Gasteiger partial charge in [-0.25, -0.2) is 0 Å². The molecule has 5 heteroatoms. The van der Waals surface area contributed by atoms with Crippen LogP contribution >= 0.6 is 0 Å². The summed E-state index contributed by atoms with van der Waals surface area (Å²) in [5, 5.41) is 12.0. The lowest BCUT2D eigenvalue weighted by Crippen LogP contribution is -2.37. The number of amides is 2. The van der Waals surface area contributed by atoms with Crippen molar-refractivity contribution in [3.63, 3.8) is 0 Å². The van der Waals surface area contributed by atoms with Crippen LogP contribution in [0, 0.1) is 11.8 Å². The van der Waals surface area contributed by atoms with Crippen LogP contribution in [-0.4, -0.2) is 41.5 Å². The van der Waals surface area contributed by atoms with Crippen molar-refractivity contribution in [2.75, 3.05) is 19.0 Å². The van der Waals surface area contributed by atoms with Crippen LogP contribution in [0.5, 0.6) is 0 Å². The molecule has 0 aliphatic heterocycles. The van der Waals surface area contributed by atoms with Crippen LogP contribution in [0.1, 0.15) is 30.6 Å². The summed E-state index contributed by atoms with van der Waals surface area (Å²) >= 11 is 0. The predicted molar refractivity (Wildman–Crippen MR) is 81.0 cm³/mol. The first kappa shape index (κ1) is 15.5. The maximum absolute atomic E-state index is 12.3. The summed E-state index contributed by atoms with van der Waals surface area (Å²) in [6.45, 7) is 3.74. The number of carbonyl (C=O) groups is 2. The fourth-order valence-corrected chi connectivity index (χ4v) is 2.18. The zero-order chi connectivity index (χ0) is 15.6. The van der Waals surface area contributed by atoms with Gasteiger partial charge >= 0.3 is 0 Å². The van der Waals surface area contributed by atoms with E-state index in [-0.39, 0.29) is 30.4 Å². The number of rotatable bonds is 5. The molecule has 2 rings (SSSR count). The Morgan fingerprint density at radius 3 is 2.71 bits per heavy atom. The smallest absolute Gasteiger partial charge is 0.253 e. The van der Waals surface area contributed by atoms with E-state index in [9.17, 15) is 9.59 Å². The number of nitrogens with one attached hydrogen (secondary N) is 1. The van der Waals surface area contributed by atoms with E-state index in [1.54, 1.807) is 38.2 Å². The van der Waals surface area contributed by atoms with Crippen LogP contribution in [0.2, 0.25) is 0 Å². The van der Waals surface area contributed by atoms with E-state index >= 15 is 0 Å². The Bertz CT molecular complexity index is 544. The molecule has 1 aliphatic rings. The van der Waals surface area contributed by atoms with E-state index in [1.165, 1.54) is 4.90 Å². The number of carbonyl (C=O) groups excluding carboxylic acids is 2. The van der Waals surface area contributed by atoms with Gasteiger partial charge in [0.1, 0.15) is 0 Å². The monoisotopic (exact) mass is 290 g/mol. The van der Waals surface area contributed by atoms with Gasteiger partial charge in [0.2, 0.25) is 5.91 Å². The van der Waals surface area contributed by atoms with E-state index in [1.807, 2.05) is 0 Å². The summed E-state index contributed by atoms with van der Waals surface area (Å²) in [5.74, 6) is 0.393. The van der Waals surface area contributed by atoms with Gasteiger partial charge in [-0.15, -0.1) is 0 Å². The topological polar surface area (TPSA) is 69.6 Å². The normalized spacial score (nSPS) is 21.5. The minimum Gasteiger partial charge on any atom is -0.394 e. The molecule has 0 bridgehead atoms. The van der Waals surface area contributed by atoms with E-state index in [0.29, 0.717) is 17.2 Å². The van der Waals surface area contributed by atoms with Crippen molar-refractivity contribution >= 4 is 17.5 Å². The summed E-state index contributed by atoms with van der Waals surface area (Å²) in [6, 6.07) is 6.66. The Labute approximate surface area is 125 Å². The summed E-state index contributed by atoms with van der Waals surface area (Å²) in [5.41, 5.74) is 1.13. The van der Waals surface area contributed by atoms with Gasteiger partial charge in [0.15, 0.2) is 0 Å². The van der Waals surface area contributed by atoms with Gasteiger partial charge in [-0.1, -0.05) is 13.0 Å². The van der Waals surface area contributed by atoms with Gasteiger partial charge in [-0.3, -0.25) is 9.59 Å². The SMILES string of the molecule is CC1CC1C(=O)Nc1cccc(C(=O)N(C)C(C)CO)c1. The largest absolute Gasteiger partial charge is 0.394 e. The van der Waals surface area contributed by atoms with Gasteiger partial charge in [0, 0.05) is 24.2 Å². The quantitative estimate of drug-likeness (QED) is 0.867. The Kier molecular flexibility index (Phi) is 4.63. The van der Waals surface area contributed by atoms with Crippen molar-refractivity contribution in [1.29, 1.82) is 0 Å². The number of aliphatic hydroxyl groups is 1. The number of hydrogen-bond donors (Lipinski definition) is 2. The van der Waals surface area contributed by atoms with Crippen LogP contribution in [0.15, 0.2) is 24.3 Å². The number of hydrogen-bond acceptors (Lipinski definition) is 3. The maximum atomic E-state index is 12.3. The maximum Gasteiger partial charge on any atom is 0.253 e. The summed E-state index contributed by atoms with van der Waals surface area (Å²) in [7, 11) is 1.65. The molecule has 0 saturated heterocycles. The number of likely N-dealkylation sites (N-methyl/N-ethyl adjacent to an activating group) is 1. The van der Waals surface area contributed by atoms with Crippen molar-refractivity contribution in [1.82, 2.24) is 4.90 Å². The molecule has 1 fully saturated rings. The second-order valence-electron chi connectivity index (χ2n) is 5.84. The van der Waals surface area contributed by atoms with Crippen LogP contribution in [-0.2, 0) is 4.79 Å². The van der Waals surface area contributed by atoms with E-state index < -0.39 is 0 Å². The first-order valence-electron chi connectivity index (χ1n) is 7.23. The minimum absolute atomic E-state index is 0.0178. The lowest BCUT2D eigenvalue weighted by Gasteiger charge is -2.23. The molecule has 3 atom stereocenters. The minimum atomic E-state index is -0.247. The molecule has 0 heterocycles. The second-order valence-corrected chi connectivity index (χ2v) is 5.84. The Morgan fingerprint density at radius 2 is 2.14 bits per heavy atom. The number of nitrogens with zero attached hydrogens (tertiary/aromatic N) is 1. The van der Waals surface area contributed by atoms with Gasteiger partial charge < -0.3 is 15.3 Å². The Balaban J connectivity index is 2.06. The fourth-order valence-electron chi connectivity index (χ4n) is 2.18. The zero-order valence-corrected chi connectivity index (χ0v) is 12.7. The molecule has 21 heavy (non-hydrogen) atoms. The standard InChI is InChI=1S/C16H22N2O3/c1-10-7-14(10)15(20)17-13-6-4-5-12(8-13)16(21)18(3)11(2)9-19/h4-6,8,10-11,14,19H,7,9H2,1-3H3,(H,17,20). The van der Waals surface area contributed by atoms with Gasteiger partial charge in [-0.05, 0) is 37.5 Å². The Hall–Kier alpha value is -1.88. The van der Waals surface area contributed by atoms with Crippen molar-refractivity contribution in [2.24, 2.45) is 11.8 Å². The lowest BCUT2D eigenvalue weighted by molar-refractivity contribution is -0.117. The molecule has 1 aromatic carbocycles. The van der Waals surface area contributed by atoms with Crippen molar-refractivity contribution < 1.29 is 14.7 Å². The molecule has 0 spiro atoms. The Morgan fingerprint density at radius 1 is 1.48 bits per heavy atom. The second kappa shape index (κ2) is 6.26. The molecule has 1 aromatic rings. The fraction of sp³-hybridized carbons (Fsp3) is 0.500. The third-order valence-corrected chi connectivity index (χ3v) is 4.07. The summed E-state index contributed by atoms with van der Waals surface area (Å²) < 4.78 is 0. The number of aliphatic hydroxyl groups excluding tert-OH is 1. The van der Waals surface area contributed by atoms with Crippen LogP contribution in [0.3, 0.4) is 0 Å². The van der Waals surface area contributed by atoms with Crippen LogP contribution < -0.4 is 5.32 Å². The van der Waals surface area contributed by atoms with Gasteiger partial charge in [-0.2, -0.15) is 0 Å². The first-order chi connectivity index (χ1) is 9.93. The molecule has 0 radical (unpaired) electrons. The van der Waals surface area contributed by atoms with E-state index in [2.05, 4.69) is 12.2 Å². The van der Waals surface area contributed by atoms with E-state index in [4.69, 9.17) is 5.11 Å². The molecule has 1 saturated carbocycles. The third-order valence-electron chi connectivity index (χ3n) is 4.07. The molecule has 0 aromatic heterocycles. The van der Waals surface area contributed by atoms with Crippen molar-refractivity contribution in [2.45, 2.75) is 26.3 Å². The highest BCUT2D eigenvalue weighted by Gasteiger charge is 2.39. The van der Waals surface area contributed by atoms with Crippen molar-refractivity contribution in [3.05, 3.63) is 29.8 Å². The molecule has 1 aliphatic carbocycles. The molecule has 2 N–H and O–H groups in total. The molecule has 5 nitrogen and oxygen atoms in total. The lowest BCUT2D eigenvalue weighted by atomic mass is 10.1. The number of anilines is 1. The number of benzene rings is 1. The molecule has 2 amide bonds. The van der Waals surface area contributed by atoms with Crippen LogP contribution in [0.4, 0.5) is 5.69 Å². The summed E-state index contributed by atoms with van der Waals surface area (Å²) in [6.07, 6.45) is 0.932. The third kappa shape index (κ3) is 3.61. The first-order valence-corrected chi connectivity index (χ1v) is 7.23. The van der Waals surface area contributed by atoms with Crippen molar-refractivity contribution in [3.8, 4) is 0 Å². The van der Waals surface area contributed by atoms with Gasteiger partial charge in [0.25, 0.3) is 5.91 Å². The highest BCUT2D eigenvalue weighted by atomic mass is 16.3. The highest BCUT2D eigenvalue weighted by Crippen LogP contribution is 2.38. The van der Waals surface area contributed by atoms with Crippen LogP contribution in [0.25, 0.3) is 0 Å². The predicted octanol–water partition coefficient (Wildman–Crippen LogP) is 1.73. The molecular weight excluding hydrogens is 268 g/mol. The highest BCUT2D eigenvalue weighted by molar-refractivity contribution is 5.98. The molecule has 114 valence electrons. The van der Waals surface area contributed by atoms with E-state index in [0.717, 1.165) is 6.42 Å². The average molecular weight is 290 g/mol. The molecular formula is C16H22N2O3.